The van der Waals surface area contributed by atoms with Crippen LogP contribution in [-0.2, 0) is 16.1 Å². The van der Waals surface area contributed by atoms with E-state index >= 15 is 0 Å². The van der Waals surface area contributed by atoms with Crippen LogP contribution in [0.5, 0.6) is 5.75 Å². The summed E-state index contributed by atoms with van der Waals surface area (Å²) in [6.45, 7) is 3.64. The van der Waals surface area contributed by atoms with Gasteiger partial charge in [-0.25, -0.2) is 9.97 Å². The highest BCUT2D eigenvalue weighted by Crippen LogP contribution is 2.28. The van der Waals surface area contributed by atoms with Crippen molar-refractivity contribution in [3.05, 3.63) is 47.5 Å². The van der Waals surface area contributed by atoms with Crippen molar-refractivity contribution in [3.63, 3.8) is 0 Å². The van der Waals surface area contributed by atoms with E-state index < -0.39 is 5.91 Å². The quantitative estimate of drug-likeness (QED) is 0.392. The zero-order valence-corrected chi connectivity index (χ0v) is 20.3. The fourth-order valence-corrected chi connectivity index (χ4v) is 4.57. The van der Waals surface area contributed by atoms with Crippen molar-refractivity contribution < 1.29 is 23.9 Å². The molecular weight excluding hydrogens is 478 g/mol. The number of ether oxygens (including phenoxy) is 1. The monoisotopic (exact) mass is 505 g/mol. The van der Waals surface area contributed by atoms with Gasteiger partial charge in [0.05, 0.1) is 16.8 Å². The van der Waals surface area contributed by atoms with Crippen LogP contribution >= 0.6 is 0 Å². The Kier molecular flexibility index (Phi) is 6.71. The molecule has 1 saturated heterocycles. The van der Waals surface area contributed by atoms with Crippen molar-refractivity contribution in [3.8, 4) is 5.75 Å². The van der Waals surface area contributed by atoms with Gasteiger partial charge in [-0.15, -0.1) is 0 Å². The maximum absolute atomic E-state index is 12.9. The van der Waals surface area contributed by atoms with Crippen LogP contribution in [0, 0.1) is 5.92 Å². The number of hydrogen-bond acceptors (Lipinski definition) is 7. The minimum Gasteiger partial charge on any atom is -0.482 e. The zero-order valence-electron chi connectivity index (χ0n) is 20.3. The first kappa shape index (κ1) is 24.2. The van der Waals surface area contributed by atoms with E-state index in [2.05, 4.69) is 30.9 Å². The summed E-state index contributed by atoms with van der Waals surface area (Å²) in [5, 5.41) is 8.50. The zero-order chi connectivity index (χ0) is 25.9. The lowest BCUT2D eigenvalue weighted by Crippen LogP contribution is -2.40. The molecule has 0 bridgehead atoms. The van der Waals surface area contributed by atoms with Crippen molar-refractivity contribution in [2.75, 3.05) is 31.6 Å². The van der Waals surface area contributed by atoms with Crippen LogP contribution in [0.2, 0.25) is 0 Å². The van der Waals surface area contributed by atoms with Crippen LogP contribution in [-0.4, -0.2) is 69.7 Å². The minimum absolute atomic E-state index is 0.0244. The Bertz CT molecular complexity index is 1380. The summed E-state index contributed by atoms with van der Waals surface area (Å²) < 4.78 is 5.35. The molecule has 1 fully saturated rings. The first-order chi connectivity index (χ1) is 17.9. The number of anilines is 1. The second-order valence-corrected chi connectivity index (χ2v) is 9.16. The third-order valence-electron chi connectivity index (χ3n) is 6.66. The number of nitrogens with zero attached hydrogens (tertiary/aromatic N) is 3. The highest BCUT2D eigenvalue weighted by atomic mass is 16.5. The second kappa shape index (κ2) is 10.2. The maximum Gasteiger partial charge on any atom is 0.272 e. The number of carbonyl (C=O) groups is 4. The predicted octanol–water partition coefficient (Wildman–Crippen LogP) is 1.21. The lowest BCUT2D eigenvalue weighted by Gasteiger charge is -2.31. The first-order valence-electron chi connectivity index (χ1n) is 12.1. The molecule has 0 radical (unpaired) electrons. The highest BCUT2D eigenvalue weighted by molar-refractivity contribution is 6.10. The first-order valence-corrected chi connectivity index (χ1v) is 12.1. The van der Waals surface area contributed by atoms with Gasteiger partial charge in [0.1, 0.15) is 17.6 Å². The summed E-state index contributed by atoms with van der Waals surface area (Å²) in [4.78, 5) is 62.0. The molecule has 3 aromatic rings. The van der Waals surface area contributed by atoms with E-state index in [1.807, 2.05) is 4.90 Å². The highest BCUT2D eigenvalue weighted by Gasteiger charge is 2.23. The van der Waals surface area contributed by atoms with Crippen molar-refractivity contribution in [1.29, 1.82) is 0 Å². The minimum atomic E-state index is -0.434. The molecule has 0 saturated carbocycles. The molecule has 5 rings (SSSR count). The summed E-state index contributed by atoms with van der Waals surface area (Å²) in [5.74, 6) is -0.0104. The number of rotatable bonds is 6. The smallest absolute Gasteiger partial charge is 0.272 e. The Labute approximate surface area is 212 Å². The number of hydrogen-bond donors (Lipinski definition) is 4. The van der Waals surface area contributed by atoms with Gasteiger partial charge in [0.15, 0.2) is 12.3 Å². The standard InChI is InChI=1S/C25H27N7O5/c1-14(33)32-6-4-15(5-7-32)9-27-24(35)17-11-26-22-21(17)29-13-30-23(22)25(36)28-10-16-2-3-19-18(8-16)31-20(34)12-37-19/h2-3,8,11,13,15,26H,4-7,9-10,12H2,1H3,(H,27,35)(H,28,36)(H,31,34). The van der Waals surface area contributed by atoms with Gasteiger partial charge in [-0.05, 0) is 36.5 Å². The third kappa shape index (κ3) is 5.22. The number of aromatic amines is 1. The molecule has 0 unspecified atom stereocenters. The Morgan fingerprint density at radius 2 is 1.95 bits per heavy atom. The Hall–Kier alpha value is -4.48. The molecule has 1 aromatic carbocycles. The van der Waals surface area contributed by atoms with Crippen LogP contribution in [0.15, 0.2) is 30.7 Å². The van der Waals surface area contributed by atoms with Gasteiger partial charge in [0.25, 0.3) is 17.7 Å². The van der Waals surface area contributed by atoms with Gasteiger partial charge >= 0.3 is 0 Å². The molecular formula is C25H27N7O5. The van der Waals surface area contributed by atoms with Gasteiger partial charge in [0, 0.05) is 39.3 Å². The molecule has 12 heteroatoms. The molecule has 0 aliphatic carbocycles. The molecule has 12 nitrogen and oxygen atoms in total. The Morgan fingerprint density at radius 1 is 1.14 bits per heavy atom. The Balaban J connectivity index is 1.22. The number of fused-ring (bicyclic) bond motifs is 2. The number of nitrogens with one attached hydrogen (secondary N) is 4. The summed E-state index contributed by atoms with van der Waals surface area (Å²) in [5.41, 5.74) is 2.50. The second-order valence-electron chi connectivity index (χ2n) is 9.16. The SMILES string of the molecule is CC(=O)N1CCC(CNC(=O)c2c[nH]c3c(C(=O)NCc4ccc5c(c4)NC(=O)CO5)ncnc23)CC1. The normalized spacial score (nSPS) is 15.5. The molecule has 2 aromatic heterocycles. The fourth-order valence-electron chi connectivity index (χ4n) is 4.57. The van der Waals surface area contributed by atoms with Gasteiger partial charge in [-0.2, -0.15) is 0 Å². The molecule has 2 aliphatic heterocycles. The largest absolute Gasteiger partial charge is 0.482 e. The van der Waals surface area contributed by atoms with Crippen molar-refractivity contribution in [2.45, 2.75) is 26.3 Å². The Morgan fingerprint density at radius 3 is 2.73 bits per heavy atom. The molecule has 4 N–H and O–H groups in total. The number of amides is 4. The molecule has 4 heterocycles. The van der Waals surface area contributed by atoms with Gasteiger partial charge < -0.3 is 30.6 Å². The average molecular weight is 506 g/mol. The lowest BCUT2D eigenvalue weighted by molar-refractivity contribution is -0.130. The molecule has 4 amide bonds. The van der Waals surface area contributed by atoms with E-state index in [0.717, 1.165) is 18.4 Å². The molecule has 0 atom stereocenters. The molecule has 0 spiro atoms. The molecule has 192 valence electrons. The number of H-pyrrole nitrogens is 1. The predicted molar refractivity (Wildman–Crippen MR) is 133 cm³/mol. The van der Waals surface area contributed by atoms with Crippen molar-refractivity contribution >= 4 is 40.3 Å². The van der Waals surface area contributed by atoms with E-state index in [0.29, 0.717) is 53.6 Å². The van der Waals surface area contributed by atoms with E-state index in [1.165, 1.54) is 12.5 Å². The summed E-state index contributed by atoms with van der Waals surface area (Å²) >= 11 is 0. The van der Waals surface area contributed by atoms with Crippen LogP contribution in [0.1, 0.15) is 46.2 Å². The average Bonchev–Trinajstić information content (AvgIpc) is 3.35. The van der Waals surface area contributed by atoms with Crippen molar-refractivity contribution in [2.24, 2.45) is 5.92 Å². The van der Waals surface area contributed by atoms with Gasteiger partial charge in [0.2, 0.25) is 5.91 Å². The topological polar surface area (TPSA) is 158 Å². The number of aromatic nitrogens is 3. The lowest BCUT2D eigenvalue weighted by atomic mass is 9.96. The van der Waals surface area contributed by atoms with E-state index in [9.17, 15) is 19.2 Å². The summed E-state index contributed by atoms with van der Waals surface area (Å²) in [6.07, 6.45) is 4.45. The summed E-state index contributed by atoms with van der Waals surface area (Å²) in [7, 11) is 0. The fraction of sp³-hybridized carbons (Fsp3) is 0.360. The van der Waals surface area contributed by atoms with Crippen LogP contribution < -0.4 is 20.7 Å². The van der Waals surface area contributed by atoms with Crippen LogP contribution in [0.3, 0.4) is 0 Å². The molecule has 37 heavy (non-hydrogen) atoms. The van der Waals surface area contributed by atoms with Crippen LogP contribution in [0.25, 0.3) is 11.0 Å². The maximum atomic E-state index is 12.9. The van der Waals surface area contributed by atoms with Crippen molar-refractivity contribution in [1.82, 2.24) is 30.5 Å². The number of carbonyl (C=O) groups excluding carboxylic acids is 4. The number of piperidine rings is 1. The van der Waals surface area contributed by atoms with Gasteiger partial charge in [-0.1, -0.05) is 6.07 Å². The van der Waals surface area contributed by atoms with E-state index in [-0.39, 0.29) is 36.6 Å². The number of likely N-dealkylation sites (tertiary alicyclic amines) is 1. The van der Waals surface area contributed by atoms with Gasteiger partial charge in [-0.3, -0.25) is 19.2 Å². The summed E-state index contributed by atoms with van der Waals surface area (Å²) in [6, 6.07) is 5.28. The van der Waals surface area contributed by atoms with Crippen LogP contribution in [0.4, 0.5) is 5.69 Å². The van der Waals surface area contributed by atoms with E-state index in [1.54, 1.807) is 25.1 Å². The number of benzene rings is 1. The van der Waals surface area contributed by atoms with E-state index in [4.69, 9.17) is 4.74 Å². The molecule has 2 aliphatic rings. The third-order valence-corrected chi connectivity index (χ3v) is 6.66.